The van der Waals surface area contributed by atoms with Crippen molar-refractivity contribution >= 4 is 5.91 Å². The summed E-state index contributed by atoms with van der Waals surface area (Å²) in [7, 11) is 2.95. The summed E-state index contributed by atoms with van der Waals surface area (Å²) in [5.74, 6) is 0.371. The topological polar surface area (TPSA) is 65.4 Å². The zero-order chi connectivity index (χ0) is 21.0. The van der Waals surface area contributed by atoms with Gasteiger partial charge in [-0.2, -0.15) is 5.10 Å². The van der Waals surface area contributed by atoms with Gasteiger partial charge in [-0.3, -0.25) is 9.48 Å². The number of carbonyl (C=O) groups excluding carboxylic acids is 1. The lowest BCUT2D eigenvalue weighted by molar-refractivity contribution is -0.125. The molecule has 6 nitrogen and oxygen atoms in total. The molecule has 0 aliphatic heterocycles. The van der Waals surface area contributed by atoms with Gasteiger partial charge in [0.15, 0.2) is 0 Å². The third-order valence-corrected chi connectivity index (χ3v) is 4.24. The van der Waals surface area contributed by atoms with E-state index < -0.39 is 42.2 Å². The molecule has 1 amide bonds. The molecule has 1 N–H and O–H groups in total. The average molecular weight is 403 g/mol. The second-order valence-electron chi connectivity index (χ2n) is 6.05. The molecule has 0 aliphatic carbocycles. The zero-order valence-corrected chi connectivity index (χ0v) is 15.7. The van der Waals surface area contributed by atoms with Crippen LogP contribution < -0.4 is 14.8 Å². The van der Waals surface area contributed by atoms with Crippen molar-refractivity contribution in [3.63, 3.8) is 0 Å². The highest BCUT2D eigenvalue weighted by Gasteiger charge is 2.28. The van der Waals surface area contributed by atoms with Gasteiger partial charge in [-0.05, 0) is 38.1 Å². The van der Waals surface area contributed by atoms with Gasteiger partial charge in [0.05, 0.1) is 20.3 Å². The predicted molar refractivity (Wildman–Crippen MR) is 93.0 cm³/mol. The summed E-state index contributed by atoms with van der Waals surface area (Å²) in [6.45, 7) is 2.97. The summed E-state index contributed by atoms with van der Waals surface area (Å²) in [4.78, 5) is 12.6. The van der Waals surface area contributed by atoms with Gasteiger partial charge in [0.25, 0.3) is 12.9 Å². The number of aromatic nitrogens is 2. The van der Waals surface area contributed by atoms with E-state index in [2.05, 4.69) is 10.4 Å². The quantitative estimate of drug-likeness (QED) is 0.671. The van der Waals surface area contributed by atoms with E-state index in [1.807, 2.05) is 0 Å². The van der Waals surface area contributed by atoms with Crippen LogP contribution >= 0.6 is 0 Å². The van der Waals surface area contributed by atoms with Crippen LogP contribution in [0.3, 0.4) is 0 Å². The highest BCUT2D eigenvalue weighted by molar-refractivity contribution is 5.80. The highest BCUT2D eigenvalue weighted by Crippen LogP contribution is 2.30. The van der Waals surface area contributed by atoms with Crippen LogP contribution in [0.15, 0.2) is 24.3 Å². The van der Waals surface area contributed by atoms with Crippen molar-refractivity contribution < 1.29 is 31.8 Å². The minimum absolute atomic E-state index is 0.494. The summed E-state index contributed by atoms with van der Waals surface area (Å²) in [5, 5.41) is 6.13. The first kappa shape index (κ1) is 21.5. The fourth-order valence-electron chi connectivity index (χ4n) is 2.71. The van der Waals surface area contributed by atoms with E-state index in [1.165, 1.54) is 21.1 Å². The maximum atomic E-state index is 13.2. The minimum Gasteiger partial charge on any atom is -0.497 e. The number of nitrogens with one attached hydrogen (secondary N) is 1. The number of nitrogens with zero attached hydrogens (tertiary/aromatic N) is 2. The molecule has 1 aromatic carbocycles. The Bertz CT molecular complexity index is 826. The SMILES string of the molecule is COc1ccc(OC)c(C(C)NC(=O)C(C)n2nc(C(F)F)cc2C(F)F)c1. The van der Waals surface area contributed by atoms with Crippen LogP contribution in [-0.2, 0) is 4.79 Å². The Hall–Kier alpha value is -2.78. The van der Waals surface area contributed by atoms with Crippen molar-refractivity contribution in [2.75, 3.05) is 14.2 Å². The zero-order valence-electron chi connectivity index (χ0n) is 15.7. The first-order chi connectivity index (χ1) is 13.2. The normalized spacial score (nSPS) is 13.5. The molecule has 10 heteroatoms. The number of halogens is 4. The van der Waals surface area contributed by atoms with E-state index >= 15 is 0 Å². The van der Waals surface area contributed by atoms with Crippen LogP contribution in [0.5, 0.6) is 11.5 Å². The largest absolute Gasteiger partial charge is 0.497 e. The molecule has 1 aromatic heterocycles. The molecule has 0 aliphatic rings. The monoisotopic (exact) mass is 403 g/mol. The number of hydrogen-bond acceptors (Lipinski definition) is 4. The van der Waals surface area contributed by atoms with E-state index in [-0.39, 0.29) is 0 Å². The number of carbonyl (C=O) groups is 1. The second kappa shape index (κ2) is 8.94. The first-order valence-electron chi connectivity index (χ1n) is 8.37. The number of hydrogen-bond donors (Lipinski definition) is 1. The molecule has 2 atom stereocenters. The number of alkyl halides is 4. The lowest BCUT2D eigenvalue weighted by Gasteiger charge is -2.21. The molecule has 2 rings (SSSR count). The van der Waals surface area contributed by atoms with Crippen molar-refractivity contribution in [1.29, 1.82) is 0 Å². The number of methoxy groups -OCH3 is 2. The van der Waals surface area contributed by atoms with Crippen molar-refractivity contribution in [3.8, 4) is 11.5 Å². The van der Waals surface area contributed by atoms with Gasteiger partial charge in [-0.1, -0.05) is 0 Å². The molecular formula is C18H21F4N3O3. The van der Waals surface area contributed by atoms with Crippen molar-refractivity contribution in [1.82, 2.24) is 15.1 Å². The van der Waals surface area contributed by atoms with E-state index in [4.69, 9.17) is 9.47 Å². The maximum Gasteiger partial charge on any atom is 0.282 e. The van der Waals surface area contributed by atoms with Gasteiger partial charge >= 0.3 is 0 Å². The molecule has 28 heavy (non-hydrogen) atoms. The van der Waals surface area contributed by atoms with Crippen LogP contribution in [0.2, 0.25) is 0 Å². The van der Waals surface area contributed by atoms with Crippen LogP contribution in [0.4, 0.5) is 17.6 Å². The van der Waals surface area contributed by atoms with Gasteiger partial charge in [0.1, 0.15) is 28.9 Å². The second-order valence-corrected chi connectivity index (χ2v) is 6.05. The summed E-state index contributed by atoms with van der Waals surface area (Å²) >= 11 is 0. The molecule has 2 unspecified atom stereocenters. The van der Waals surface area contributed by atoms with Crippen LogP contribution in [0.1, 0.15) is 55.7 Å². The number of ether oxygens (including phenoxy) is 2. The van der Waals surface area contributed by atoms with E-state index in [0.29, 0.717) is 27.8 Å². The number of benzene rings is 1. The third kappa shape index (κ3) is 4.55. The molecule has 2 aromatic rings. The lowest BCUT2D eigenvalue weighted by Crippen LogP contribution is -2.34. The molecule has 0 saturated heterocycles. The van der Waals surface area contributed by atoms with Crippen LogP contribution in [-0.4, -0.2) is 29.9 Å². The van der Waals surface area contributed by atoms with Crippen molar-refractivity contribution in [3.05, 3.63) is 41.2 Å². The Morgan fingerprint density at radius 2 is 1.75 bits per heavy atom. The Labute approximate surface area is 159 Å². The highest BCUT2D eigenvalue weighted by atomic mass is 19.3. The summed E-state index contributed by atoms with van der Waals surface area (Å²) in [5.41, 5.74) is -0.952. The minimum atomic E-state index is -3.05. The lowest BCUT2D eigenvalue weighted by atomic mass is 10.1. The van der Waals surface area contributed by atoms with E-state index in [1.54, 1.807) is 25.1 Å². The molecular weight excluding hydrogens is 382 g/mol. The smallest absolute Gasteiger partial charge is 0.282 e. The molecule has 0 saturated carbocycles. The fourth-order valence-corrected chi connectivity index (χ4v) is 2.71. The standard InChI is InChI=1S/C18H21F4N3O3/c1-9(12-7-11(27-3)5-6-15(12)28-4)23-18(26)10(2)25-14(17(21)22)8-13(24-25)16(19)20/h5-10,16-17H,1-4H3,(H,23,26). The Morgan fingerprint density at radius 3 is 2.29 bits per heavy atom. The Balaban J connectivity index is 2.25. The number of rotatable bonds is 8. The molecule has 0 fully saturated rings. The van der Waals surface area contributed by atoms with Crippen LogP contribution in [0, 0.1) is 0 Å². The summed E-state index contributed by atoms with van der Waals surface area (Å²) < 4.78 is 63.0. The van der Waals surface area contributed by atoms with Gasteiger partial charge in [0, 0.05) is 5.56 Å². The average Bonchev–Trinajstić information content (AvgIpc) is 3.12. The maximum absolute atomic E-state index is 13.2. The molecule has 0 spiro atoms. The van der Waals surface area contributed by atoms with E-state index in [9.17, 15) is 22.4 Å². The van der Waals surface area contributed by atoms with Gasteiger partial charge in [-0.15, -0.1) is 0 Å². The fraction of sp³-hybridized carbons (Fsp3) is 0.444. The molecule has 154 valence electrons. The van der Waals surface area contributed by atoms with E-state index in [0.717, 1.165) is 0 Å². The summed E-state index contributed by atoms with van der Waals surface area (Å²) in [6, 6.07) is 3.83. The first-order valence-corrected chi connectivity index (χ1v) is 8.37. The van der Waals surface area contributed by atoms with Gasteiger partial charge in [0.2, 0.25) is 5.91 Å². The molecule has 0 radical (unpaired) electrons. The Morgan fingerprint density at radius 1 is 1.07 bits per heavy atom. The third-order valence-electron chi connectivity index (χ3n) is 4.24. The van der Waals surface area contributed by atoms with Crippen molar-refractivity contribution in [2.24, 2.45) is 0 Å². The molecule has 1 heterocycles. The number of amides is 1. The van der Waals surface area contributed by atoms with Crippen LogP contribution in [0.25, 0.3) is 0 Å². The summed E-state index contributed by atoms with van der Waals surface area (Å²) in [6.07, 6.45) is -6.07. The van der Waals surface area contributed by atoms with Gasteiger partial charge < -0.3 is 14.8 Å². The van der Waals surface area contributed by atoms with Crippen molar-refractivity contribution in [2.45, 2.75) is 38.8 Å². The predicted octanol–water partition coefficient (Wildman–Crippen LogP) is 4.21. The molecule has 0 bridgehead atoms. The van der Waals surface area contributed by atoms with Gasteiger partial charge in [-0.25, -0.2) is 17.6 Å². The Kier molecular flexibility index (Phi) is 6.87.